The Morgan fingerprint density at radius 2 is 1.71 bits per heavy atom. The van der Waals surface area contributed by atoms with E-state index in [-0.39, 0.29) is 10.4 Å². The number of anilines is 1. The highest BCUT2D eigenvalue weighted by atomic mass is 79.9. The number of benzene rings is 2. The molecule has 31 heavy (non-hydrogen) atoms. The molecule has 8 heteroatoms. The van der Waals surface area contributed by atoms with Crippen molar-refractivity contribution in [1.82, 2.24) is 8.87 Å². The molecule has 0 amide bonds. The summed E-state index contributed by atoms with van der Waals surface area (Å²) in [6.07, 6.45) is 2.13. The van der Waals surface area contributed by atoms with Gasteiger partial charge >= 0.3 is 0 Å². The number of nitrogens with zero attached hydrogens (tertiary/aromatic N) is 3. The van der Waals surface area contributed by atoms with Crippen molar-refractivity contribution in [2.45, 2.75) is 31.2 Å². The second-order valence-corrected chi connectivity index (χ2v) is 11.5. The Labute approximate surface area is 191 Å². The van der Waals surface area contributed by atoms with Gasteiger partial charge in [0.25, 0.3) is 10.0 Å². The molecular weight excluding hydrogens is 478 g/mol. The predicted molar refractivity (Wildman–Crippen MR) is 128 cm³/mol. The van der Waals surface area contributed by atoms with Crippen LogP contribution in [-0.2, 0) is 10.0 Å². The fraction of sp³-hybridized carbons (Fsp3) is 0.348. The molecule has 164 valence electrons. The molecule has 6 nitrogen and oxygen atoms in total. The second kappa shape index (κ2) is 8.07. The van der Waals surface area contributed by atoms with Crippen molar-refractivity contribution in [3.8, 4) is 0 Å². The highest BCUT2D eigenvalue weighted by Gasteiger charge is 2.27. The van der Waals surface area contributed by atoms with Crippen LogP contribution in [0.3, 0.4) is 0 Å². The molecule has 0 radical (unpaired) electrons. The van der Waals surface area contributed by atoms with Gasteiger partial charge in [-0.05, 0) is 57.2 Å². The number of aldehydes is 1. The first-order chi connectivity index (χ1) is 14.6. The Hall–Kier alpha value is -2.16. The molecule has 1 aromatic heterocycles. The number of carbonyl (C=O) groups is 1. The zero-order valence-corrected chi connectivity index (χ0v) is 20.3. The van der Waals surface area contributed by atoms with Crippen LogP contribution in [-0.4, -0.2) is 55.3 Å². The Morgan fingerprint density at radius 1 is 1.00 bits per heavy atom. The van der Waals surface area contributed by atoms with Crippen LogP contribution in [0.2, 0.25) is 0 Å². The number of carbonyl (C=O) groups excluding carboxylic acids is 1. The van der Waals surface area contributed by atoms with Gasteiger partial charge in [-0.25, -0.2) is 12.4 Å². The molecule has 0 bridgehead atoms. The SMILES string of the molecule is CC(C)(C)N1CCN(c2ccc3c(c2)c(C=O)cn3S(=O)(=O)c2cccc(Br)c2)CC1. The zero-order valence-electron chi connectivity index (χ0n) is 17.9. The Kier molecular flexibility index (Phi) is 5.74. The number of rotatable bonds is 4. The van der Waals surface area contributed by atoms with E-state index in [1.807, 2.05) is 12.1 Å². The van der Waals surface area contributed by atoms with Crippen LogP contribution in [0, 0.1) is 0 Å². The lowest BCUT2D eigenvalue weighted by atomic mass is 10.0. The number of hydrogen-bond acceptors (Lipinski definition) is 5. The van der Waals surface area contributed by atoms with Crippen LogP contribution < -0.4 is 4.90 Å². The molecule has 2 heterocycles. The van der Waals surface area contributed by atoms with Crippen molar-refractivity contribution in [3.05, 3.63) is 58.7 Å². The van der Waals surface area contributed by atoms with Gasteiger partial charge in [-0.2, -0.15) is 0 Å². The minimum Gasteiger partial charge on any atom is -0.369 e. The highest BCUT2D eigenvalue weighted by Crippen LogP contribution is 2.30. The lowest BCUT2D eigenvalue weighted by molar-refractivity contribution is 0.112. The largest absolute Gasteiger partial charge is 0.369 e. The standard InChI is InChI=1S/C23H26BrN3O3S/c1-23(2,3)26-11-9-25(10-12-26)19-7-8-22-21(14-19)17(16-28)15-27(22)31(29,30)20-6-4-5-18(24)13-20/h4-8,13-16H,9-12H2,1-3H3. The van der Waals surface area contributed by atoms with Crippen LogP contribution in [0.5, 0.6) is 0 Å². The van der Waals surface area contributed by atoms with E-state index in [4.69, 9.17) is 0 Å². The van der Waals surface area contributed by atoms with Gasteiger partial charge in [-0.15, -0.1) is 0 Å². The first-order valence-electron chi connectivity index (χ1n) is 10.2. The maximum atomic E-state index is 13.3. The lowest BCUT2D eigenvalue weighted by Crippen LogP contribution is -2.53. The van der Waals surface area contributed by atoms with E-state index in [1.165, 1.54) is 10.2 Å². The van der Waals surface area contributed by atoms with Crippen molar-refractivity contribution in [3.63, 3.8) is 0 Å². The molecule has 4 rings (SSSR count). The van der Waals surface area contributed by atoms with Crippen molar-refractivity contribution in [2.75, 3.05) is 31.1 Å². The third-order valence-corrected chi connectivity index (χ3v) is 8.02. The van der Waals surface area contributed by atoms with Crippen molar-refractivity contribution in [1.29, 1.82) is 0 Å². The molecule has 1 saturated heterocycles. The molecule has 1 aliphatic rings. The summed E-state index contributed by atoms with van der Waals surface area (Å²) in [5.41, 5.74) is 2.00. The molecule has 0 spiro atoms. The molecule has 0 N–H and O–H groups in total. The van der Waals surface area contributed by atoms with E-state index < -0.39 is 10.0 Å². The van der Waals surface area contributed by atoms with Gasteiger partial charge in [-0.3, -0.25) is 9.69 Å². The van der Waals surface area contributed by atoms with E-state index in [0.717, 1.165) is 38.2 Å². The van der Waals surface area contributed by atoms with Gasteiger partial charge in [0.2, 0.25) is 0 Å². The van der Waals surface area contributed by atoms with E-state index in [2.05, 4.69) is 46.5 Å². The summed E-state index contributed by atoms with van der Waals surface area (Å²) in [6.45, 7) is 10.4. The predicted octanol–water partition coefficient (Wildman–Crippen LogP) is 4.37. The number of fused-ring (bicyclic) bond motifs is 1. The van der Waals surface area contributed by atoms with Crippen molar-refractivity contribution >= 4 is 48.8 Å². The fourth-order valence-electron chi connectivity index (χ4n) is 4.08. The third kappa shape index (κ3) is 4.16. The Bertz CT molecular complexity index is 1240. The van der Waals surface area contributed by atoms with E-state index >= 15 is 0 Å². The molecule has 1 aliphatic heterocycles. The molecule has 0 aliphatic carbocycles. The first kappa shape index (κ1) is 22.0. The maximum Gasteiger partial charge on any atom is 0.268 e. The molecule has 0 unspecified atom stereocenters. The minimum absolute atomic E-state index is 0.138. The van der Waals surface area contributed by atoms with Gasteiger partial charge in [0.05, 0.1) is 10.4 Å². The zero-order chi connectivity index (χ0) is 22.4. The molecule has 2 aromatic carbocycles. The molecule has 3 aromatic rings. The molecular formula is C23H26BrN3O3S. The van der Waals surface area contributed by atoms with Crippen LogP contribution in [0.25, 0.3) is 10.9 Å². The van der Waals surface area contributed by atoms with Crippen LogP contribution >= 0.6 is 15.9 Å². The normalized spacial score (nSPS) is 16.1. The van der Waals surface area contributed by atoms with Gasteiger partial charge in [0, 0.05) is 59.0 Å². The molecule has 1 fully saturated rings. The fourth-order valence-corrected chi connectivity index (χ4v) is 6.05. The number of aromatic nitrogens is 1. The smallest absolute Gasteiger partial charge is 0.268 e. The van der Waals surface area contributed by atoms with E-state index in [1.54, 1.807) is 30.3 Å². The molecule has 0 saturated carbocycles. The van der Waals surface area contributed by atoms with Gasteiger partial charge in [0.15, 0.2) is 6.29 Å². The number of halogens is 1. The van der Waals surface area contributed by atoms with Gasteiger partial charge in [0.1, 0.15) is 0 Å². The summed E-state index contributed by atoms with van der Waals surface area (Å²) in [7, 11) is -3.83. The summed E-state index contributed by atoms with van der Waals surface area (Å²) < 4.78 is 28.4. The topological polar surface area (TPSA) is 62.6 Å². The summed E-state index contributed by atoms with van der Waals surface area (Å²) in [6, 6.07) is 12.2. The molecule has 0 atom stereocenters. The quantitative estimate of drug-likeness (QED) is 0.494. The van der Waals surface area contributed by atoms with Gasteiger partial charge in [-0.1, -0.05) is 22.0 Å². The lowest BCUT2D eigenvalue weighted by Gasteiger charge is -2.43. The summed E-state index contributed by atoms with van der Waals surface area (Å²) >= 11 is 3.33. The Balaban J connectivity index is 1.71. The van der Waals surface area contributed by atoms with Crippen LogP contribution in [0.1, 0.15) is 31.1 Å². The average Bonchev–Trinajstić information content (AvgIpc) is 3.12. The van der Waals surface area contributed by atoms with Crippen molar-refractivity contribution < 1.29 is 13.2 Å². The summed E-state index contributed by atoms with van der Waals surface area (Å²) in [4.78, 5) is 16.7. The second-order valence-electron chi connectivity index (χ2n) is 8.81. The van der Waals surface area contributed by atoms with Gasteiger partial charge < -0.3 is 4.90 Å². The van der Waals surface area contributed by atoms with E-state index in [9.17, 15) is 13.2 Å². The average molecular weight is 504 g/mol. The number of piperazine rings is 1. The highest BCUT2D eigenvalue weighted by molar-refractivity contribution is 9.10. The van der Waals surface area contributed by atoms with Crippen LogP contribution in [0.15, 0.2) is 58.0 Å². The minimum atomic E-state index is -3.83. The first-order valence-corrected chi connectivity index (χ1v) is 12.5. The van der Waals surface area contributed by atoms with E-state index in [0.29, 0.717) is 20.9 Å². The number of hydrogen-bond donors (Lipinski definition) is 0. The van der Waals surface area contributed by atoms with Crippen molar-refractivity contribution in [2.24, 2.45) is 0 Å². The maximum absolute atomic E-state index is 13.3. The third-order valence-electron chi connectivity index (χ3n) is 5.86. The Morgan fingerprint density at radius 3 is 2.32 bits per heavy atom. The monoisotopic (exact) mass is 503 g/mol. The summed E-state index contributed by atoms with van der Waals surface area (Å²) in [5, 5.41) is 0.643. The summed E-state index contributed by atoms with van der Waals surface area (Å²) in [5.74, 6) is 0. The van der Waals surface area contributed by atoms with Crippen LogP contribution in [0.4, 0.5) is 5.69 Å².